The van der Waals surface area contributed by atoms with E-state index in [0.717, 1.165) is 36.7 Å². The number of hydrogen-bond donors (Lipinski definition) is 1. The number of nitrogens with zero attached hydrogens (tertiary/aromatic N) is 6. The highest BCUT2D eigenvalue weighted by Gasteiger charge is 2.26. The van der Waals surface area contributed by atoms with Crippen LogP contribution in [0.25, 0.3) is 11.3 Å². The summed E-state index contributed by atoms with van der Waals surface area (Å²) in [5, 5.41) is 11.8. The number of aromatic nitrogens is 2. The maximum Gasteiger partial charge on any atom is 0.318 e. The number of methoxy groups -OCH3 is 2. The maximum absolute atomic E-state index is 13.2. The maximum atomic E-state index is 13.2. The van der Waals surface area contributed by atoms with E-state index < -0.39 is 0 Å². The van der Waals surface area contributed by atoms with Crippen molar-refractivity contribution in [3.05, 3.63) is 30.3 Å². The van der Waals surface area contributed by atoms with Crippen molar-refractivity contribution in [1.82, 2.24) is 30.2 Å². The Balaban J connectivity index is 1.58. The summed E-state index contributed by atoms with van der Waals surface area (Å²) in [7, 11) is 3.21. The molecule has 1 aliphatic heterocycles. The molecular formula is C28H43N7O4. The number of carbonyl (C=O) groups excluding carboxylic acids is 2. The second kappa shape index (κ2) is 14.5. The average molecular weight is 542 g/mol. The molecule has 214 valence electrons. The van der Waals surface area contributed by atoms with Crippen molar-refractivity contribution in [2.24, 2.45) is 0 Å². The van der Waals surface area contributed by atoms with Gasteiger partial charge >= 0.3 is 6.03 Å². The molecule has 1 fully saturated rings. The molecule has 0 atom stereocenters. The summed E-state index contributed by atoms with van der Waals surface area (Å²) in [5.74, 6) is 2.02. The summed E-state index contributed by atoms with van der Waals surface area (Å²) >= 11 is 0. The molecule has 1 N–H and O–H groups in total. The number of nitrogens with one attached hydrogen (secondary N) is 1. The summed E-state index contributed by atoms with van der Waals surface area (Å²) in [6.07, 6.45) is 0. The summed E-state index contributed by atoms with van der Waals surface area (Å²) in [4.78, 5) is 33.8. The third kappa shape index (κ3) is 8.19. The van der Waals surface area contributed by atoms with E-state index in [-0.39, 0.29) is 24.5 Å². The van der Waals surface area contributed by atoms with Gasteiger partial charge in [0.25, 0.3) is 0 Å². The van der Waals surface area contributed by atoms with Gasteiger partial charge in [-0.1, -0.05) is 13.8 Å². The van der Waals surface area contributed by atoms with Gasteiger partial charge in [0.05, 0.1) is 19.9 Å². The first-order valence-corrected chi connectivity index (χ1v) is 13.7. The number of ether oxygens (including phenoxy) is 2. The van der Waals surface area contributed by atoms with Crippen molar-refractivity contribution in [2.75, 3.05) is 78.0 Å². The molecule has 0 radical (unpaired) electrons. The minimum atomic E-state index is -0.200. The number of rotatable bonds is 12. The van der Waals surface area contributed by atoms with E-state index in [0.29, 0.717) is 44.2 Å². The number of piperazine rings is 1. The summed E-state index contributed by atoms with van der Waals surface area (Å²) in [6, 6.07) is 9.32. The van der Waals surface area contributed by atoms with Gasteiger partial charge in [-0.15, -0.1) is 10.2 Å². The number of hydrogen-bond acceptors (Lipinski definition) is 8. The molecule has 1 aromatic heterocycles. The molecule has 1 saturated heterocycles. The fourth-order valence-corrected chi connectivity index (χ4v) is 4.48. The molecular weight excluding hydrogens is 498 g/mol. The van der Waals surface area contributed by atoms with E-state index >= 15 is 0 Å². The highest BCUT2D eigenvalue weighted by Crippen LogP contribution is 2.31. The predicted octanol–water partition coefficient (Wildman–Crippen LogP) is 2.57. The van der Waals surface area contributed by atoms with Crippen molar-refractivity contribution in [1.29, 1.82) is 0 Å². The standard InChI is InChI=1S/C28H43N7O4/c1-7-32(8-2)13-14-35(28(37)29-21(3)4)20-27(36)34-17-15-33(16-18-34)26-12-10-23(30-31-26)22-9-11-24(38-5)25(19-22)39-6/h9-12,19,21H,7-8,13-18,20H2,1-6H3,(H,29,37). The van der Waals surface area contributed by atoms with E-state index in [1.165, 1.54) is 0 Å². The number of anilines is 1. The highest BCUT2D eigenvalue weighted by atomic mass is 16.5. The lowest BCUT2D eigenvalue weighted by Crippen LogP contribution is -2.54. The zero-order valence-electron chi connectivity index (χ0n) is 24.1. The SMILES string of the molecule is CCN(CC)CCN(CC(=O)N1CCN(c2ccc(-c3ccc(OC)c(OC)c3)nn2)CC1)C(=O)NC(C)C. The topological polar surface area (TPSA) is 103 Å². The van der Waals surface area contributed by atoms with Crippen LogP contribution in [0.2, 0.25) is 0 Å². The second-order valence-electron chi connectivity index (χ2n) is 9.77. The Kier molecular flexibility index (Phi) is 11.2. The summed E-state index contributed by atoms with van der Waals surface area (Å²) in [6.45, 7) is 13.6. The van der Waals surface area contributed by atoms with Crippen LogP contribution >= 0.6 is 0 Å². The zero-order chi connectivity index (χ0) is 28.4. The molecule has 0 aliphatic carbocycles. The highest BCUT2D eigenvalue weighted by molar-refractivity contribution is 5.84. The van der Waals surface area contributed by atoms with Gasteiger partial charge in [-0.25, -0.2) is 4.79 Å². The Hall–Kier alpha value is -3.60. The third-order valence-electron chi connectivity index (χ3n) is 6.89. The van der Waals surface area contributed by atoms with Crippen molar-refractivity contribution >= 4 is 17.8 Å². The van der Waals surface area contributed by atoms with Crippen molar-refractivity contribution in [3.8, 4) is 22.8 Å². The Morgan fingerprint density at radius 1 is 0.949 bits per heavy atom. The first-order chi connectivity index (χ1) is 18.8. The minimum Gasteiger partial charge on any atom is -0.493 e. The van der Waals surface area contributed by atoms with Gasteiger partial charge in [-0.3, -0.25) is 4.79 Å². The van der Waals surface area contributed by atoms with Crippen LogP contribution in [0.3, 0.4) is 0 Å². The second-order valence-corrected chi connectivity index (χ2v) is 9.77. The van der Waals surface area contributed by atoms with Gasteiger partial charge in [-0.2, -0.15) is 0 Å². The lowest BCUT2D eigenvalue weighted by atomic mass is 10.1. The molecule has 3 amide bonds. The van der Waals surface area contributed by atoms with Gasteiger partial charge in [0.1, 0.15) is 6.54 Å². The normalized spacial score (nSPS) is 13.5. The van der Waals surface area contributed by atoms with Gasteiger partial charge in [0.2, 0.25) is 5.91 Å². The molecule has 1 aromatic carbocycles. The molecule has 0 unspecified atom stereocenters. The van der Waals surface area contributed by atoms with E-state index in [1.54, 1.807) is 19.1 Å². The monoisotopic (exact) mass is 541 g/mol. The largest absolute Gasteiger partial charge is 0.493 e. The van der Waals surface area contributed by atoms with E-state index in [2.05, 4.69) is 39.2 Å². The summed E-state index contributed by atoms with van der Waals surface area (Å²) in [5.41, 5.74) is 1.62. The number of likely N-dealkylation sites (N-methyl/N-ethyl adjacent to an activating group) is 1. The molecule has 0 saturated carbocycles. The van der Waals surface area contributed by atoms with Crippen LogP contribution in [0.4, 0.5) is 10.6 Å². The first-order valence-electron chi connectivity index (χ1n) is 13.7. The Morgan fingerprint density at radius 3 is 2.21 bits per heavy atom. The van der Waals surface area contributed by atoms with Crippen LogP contribution in [0.5, 0.6) is 11.5 Å². The van der Waals surface area contributed by atoms with Crippen LogP contribution in [0.15, 0.2) is 30.3 Å². The number of urea groups is 1. The molecule has 1 aliphatic rings. The predicted molar refractivity (Wildman–Crippen MR) is 152 cm³/mol. The van der Waals surface area contributed by atoms with Gasteiger partial charge in [0, 0.05) is 50.9 Å². The fourth-order valence-electron chi connectivity index (χ4n) is 4.48. The number of amides is 3. The zero-order valence-corrected chi connectivity index (χ0v) is 24.1. The first kappa shape index (κ1) is 29.9. The molecule has 11 heteroatoms. The van der Waals surface area contributed by atoms with Crippen molar-refractivity contribution in [3.63, 3.8) is 0 Å². The van der Waals surface area contributed by atoms with Crippen molar-refractivity contribution < 1.29 is 19.1 Å². The Bertz CT molecular complexity index is 1070. The van der Waals surface area contributed by atoms with Gasteiger partial charge < -0.3 is 34.4 Å². The van der Waals surface area contributed by atoms with Gasteiger partial charge in [0.15, 0.2) is 17.3 Å². The van der Waals surface area contributed by atoms with Crippen LogP contribution in [0, 0.1) is 0 Å². The molecule has 3 rings (SSSR count). The van der Waals surface area contributed by atoms with Crippen LogP contribution < -0.4 is 19.7 Å². The molecule has 11 nitrogen and oxygen atoms in total. The lowest BCUT2D eigenvalue weighted by Gasteiger charge is -2.36. The Morgan fingerprint density at radius 2 is 1.64 bits per heavy atom. The van der Waals surface area contributed by atoms with E-state index in [9.17, 15) is 9.59 Å². The molecule has 0 spiro atoms. The van der Waals surface area contributed by atoms with E-state index in [4.69, 9.17) is 9.47 Å². The Labute approximate surface area is 232 Å². The summed E-state index contributed by atoms with van der Waals surface area (Å²) < 4.78 is 10.7. The lowest BCUT2D eigenvalue weighted by molar-refractivity contribution is -0.132. The van der Waals surface area contributed by atoms with Crippen LogP contribution in [-0.2, 0) is 4.79 Å². The fraction of sp³-hybridized carbons (Fsp3) is 0.571. The smallest absolute Gasteiger partial charge is 0.318 e. The van der Waals surface area contributed by atoms with Crippen LogP contribution in [0.1, 0.15) is 27.7 Å². The molecule has 0 bridgehead atoms. The van der Waals surface area contributed by atoms with Crippen LogP contribution in [-0.4, -0.2) is 116 Å². The quantitative estimate of drug-likeness (QED) is 0.437. The molecule has 2 heterocycles. The minimum absolute atomic E-state index is 0.00588. The van der Waals surface area contributed by atoms with Crippen molar-refractivity contribution in [2.45, 2.75) is 33.7 Å². The molecule has 2 aromatic rings. The molecule has 39 heavy (non-hydrogen) atoms. The van der Waals surface area contributed by atoms with Gasteiger partial charge in [-0.05, 0) is 57.3 Å². The average Bonchev–Trinajstić information content (AvgIpc) is 2.96. The third-order valence-corrected chi connectivity index (χ3v) is 6.89. The van der Waals surface area contributed by atoms with E-state index in [1.807, 2.05) is 49.1 Å². The number of benzene rings is 1. The number of carbonyl (C=O) groups is 2.